The molecule has 0 fully saturated rings. The maximum absolute atomic E-state index is 12.6. The van der Waals surface area contributed by atoms with Gasteiger partial charge in [0.1, 0.15) is 18.5 Å². The lowest BCUT2D eigenvalue weighted by molar-refractivity contribution is -0.110. The number of ether oxygens (including phenoxy) is 3. The van der Waals surface area contributed by atoms with Crippen molar-refractivity contribution < 1.29 is 24.1 Å². The first kappa shape index (κ1) is 21.7. The van der Waals surface area contributed by atoms with Gasteiger partial charge in [0.05, 0.1) is 31.0 Å². The van der Waals surface area contributed by atoms with Crippen LogP contribution in [0.4, 0.5) is 5.69 Å². The Balaban J connectivity index is 1.87. The third-order valence-electron chi connectivity index (χ3n) is 4.70. The molecule has 3 rings (SSSR count). The van der Waals surface area contributed by atoms with Crippen molar-refractivity contribution >= 4 is 23.2 Å². The van der Waals surface area contributed by atoms with Gasteiger partial charge in [-0.05, 0) is 35.9 Å². The number of benzene rings is 2. The topological polar surface area (TPSA) is 89.1 Å². The van der Waals surface area contributed by atoms with Gasteiger partial charge in [0.2, 0.25) is 0 Å². The Labute approximate surface area is 176 Å². The summed E-state index contributed by atoms with van der Waals surface area (Å²) in [6.45, 7) is 4.58. The maximum atomic E-state index is 12.6. The van der Waals surface area contributed by atoms with Crippen LogP contribution in [0.1, 0.15) is 25.0 Å². The average molecular weight is 412 g/mol. The number of nitrogens with one attached hydrogen (secondary N) is 2. The summed E-state index contributed by atoms with van der Waals surface area (Å²) in [5, 5.41) is 16.2. The minimum Gasteiger partial charge on any atom is -0.493 e. The molecule has 1 atom stereocenters. The van der Waals surface area contributed by atoms with Crippen molar-refractivity contribution in [3.8, 4) is 17.2 Å². The van der Waals surface area contributed by atoms with E-state index in [4.69, 9.17) is 14.2 Å². The molecular formula is C23H28N2O5. The first-order valence-electron chi connectivity index (χ1n) is 9.85. The highest BCUT2D eigenvalue weighted by atomic mass is 16.5. The van der Waals surface area contributed by atoms with E-state index in [1.807, 2.05) is 38.1 Å². The van der Waals surface area contributed by atoms with Gasteiger partial charge >= 0.3 is 0 Å². The van der Waals surface area contributed by atoms with Gasteiger partial charge in [-0.25, -0.2) is 0 Å². The van der Waals surface area contributed by atoms with Crippen molar-refractivity contribution in [2.24, 2.45) is 0 Å². The molecule has 1 amide bonds. The number of rotatable bonds is 9. The highest BCUT2D eigenvalue weighted by Gasteiger charge is 2.28. The summed E-state index contributed by atoms with van der Waals surface area (Å²) in [6, 6.07) is 11.2. The zero-order chi connectivity index (χ0) is 21.7. The van der Waals surface area contributed by atoms with Crippen molar-refractivity contribution in [2.45, 2.75) is 26.0 Å². The van der Waals surface area contributed by atoms with Gasteiger partial charge < -0.3 is 30.0 Å². The van der Waals surface area contributed by atoms with E-state index in [0.29, 0.717) is 40.6 Å². The molecule has 0 aromatic heterocycles. The zero-order valence-electron chi connectivity index (χ0n) is 17.7. The number of carbonyl (C=O) groups is 1. The highest BCUT2D eigenvalue weighted by molar-refractivity contribution is 6.35. The zero-order valence-corrected chi connectivity index (χ0v) is 17.7. The summed E-state index contributed by atoms with van der Waals surface area (Å²) in [5.41, 5.74) is 2.64. The van der Waals surface area contributed by atoms with E-state index in [-0.39, 0.29) is 18.6 Å². The van der Waals surface area contributed by atoms with Crippen LogP contribution in [0.25, 0.3) is 11.6 Å². The molecule has 3 N–H and O–H groups in total. The third kappa shape index (κ3) is 4.93. The lowest BCUT2D eigenvalue weighted by Gasteiger charge is -2.16. The number of methoxy groups -OCH3 is 2. The van der Waals surface area contributed by atoms with E-state index in [9.17, 15) is 9.90 Å². The lowest BCUT2D eigenvalue weighted by Crippen LogP contribution is -2.35. The predicted molar refractivity (Wildman–Crippen MR) is 117 cm³/mol. The van der Waals surface area contributed by atoms with Gasteiger partial charge in [0, 0.05) is 12.6 Å². The first-order valence-corrected chi connectivity index (χ1v) is 9.85. The molecule has 0 spiro atoms. The van der Waals surface area contributed by atoms with E-state index in [1.54, 1.807) is 32.4 Å². The van der Waals surface area contributed by atoms with Gasteiger partial charge in [-0.1, -0.05) is 26.0 Å². The number of hydrogen-bond donors (Lipinski definition) is 3. The molecule has 0 saturated carbocycles. The predicted octanol–water partition coefficient (Wildman–Crippen LogP) is 2.93. The molecule has 7 nitrogen and oxygen atoms in total. The van der Waals surface area contributed by atoms with E-state index < -0.39 is 6.10 Å². The summed E-state index contributed by atoms with van der Waals surface area (Å²) in [5.74, 6) is 1.53. The molecule has 1 aliphatic rings. The van der Waals surface area contributed by atoms with E-state index >= 15 is 0 Å². The third-order valence-corrected chi connectivity index (χ3v) is 4.70. The van der Waals surface area contributed by atoms with Gasteiger partial charge in [-0.3, -0.25) is 4.79 Å². The number of fused-ring (bicyclic) bond motifs is 1. The molecule has 2 aromatic carbocycles. The van der Waals surface area contributed by atoms with E-state index in [0.717, 1.165) is 5.56 Å². The van der Waals surface area contributed by atoms with Crippen molar-refractivity contribution in [1.82, 2.24) is 5.32 Å². The van der Waals surface area contributed by atoms with Gasteiger partial charge in [0.25, 0.3) is 5.91 Å². The Morgan fingerprint density at radius 1 is 1.10 bits per heavy atom. The monoisotopic (exact) mass is 412 g/mol. The Kier molecular flexibility index (Phi) is 6.97. The lowest BCUT2D eigenvalue weighted by atomic mass is 10.0. The Morgan fingerprint density at radius 2 is 1.87 bits per heavy atom. The minimum absolute atomic E-state index is 0.119. The molecule has 0 saturated heterocycles. The van der Waals surface area contributed by atoms with Crippen LogP contribution in [-0.2, 0) is 4.79 Å². The normalized spacial score (nSPS) is 15.1. The second-order valence-corrected chi connectivity index (χ2v) is 7.33. The Morgan fingerprint density at radius 3 is 2.57 bits per heavy atom. The van der Waals surface area contributed by atoms with Crippen molar-refractivity contribution in [2.75, 3.05) is 32.7 Å². The molecule has 2 aromatic rings. The van der Waals surface area contributed by atoms with Crippen LogP contribution in [0.15, 0.2) is 36.4 Å². The molecule has 0 radical (unpaired) electrons. The van der Waals surface area contributed by atoms with Crippen molar-refractivity contribution in [3.05, 3.63) is 47.5 Å². The van der Waals surface area contributed by atoms with Crippen molar-refractivity contribution in [3.63, 3.8) is 0 Å². The fourth-order valence-electron chi connectivity index (χ4n) is 3.20. The SMILES string of the molecule is COc1ccc(/C=C2\C(=O)Nc3cccc(OCC(O)CNC(C)C)c32)cc1OC. The number of anilines is 1. The maximum Gasteiger partial charge on any atom is 0.256 e. The summed E-state index contributed by atoms with van der Waals surface area (Å²) >= 11 is 0. The Hall–Kier alpha value is -3.03. The largest absolute Gasteiger partial charge is 0.493 e. The molecule has 7 heteroatoms. The number of aliphatic hydroxyl groups excluding tert-OH is 1. The fraction of sp³-hybridized carbons (Fsp3) is 0.348. The minimum atomic E-state index is -0.661. The smallest absolute Gasteiger partial charge is 0.256 e. The van der Waals surface area contributed by atoms with Crippen LogP contribution in [0.3, 0.4) is 0 Å². The molecule has 0 aliphatic carbocycles. The Bertz CT molecular complexity index is 939. The molecule has 1 heterocycles. The van der Waals surface area contributed by atoms with Crippen LogP contribution in [0.5, 0.6) is 17.2 Å². The number of amides is 1. The average Bonchev–Trinajstić information content (AvgIpc) is 3.06. The van der Waals surface area contributed by atoms with E-state index in [1.165, 1.54) is 0 Å². The second-order valence-electron chi connectivity index (χ2n) is 7.33. The number of aliphatic hydroxyl groups is 1. The van der Waals surface area contributed by atoms with Gasteiger partial charge in [-0.15, -0.1) is 0 Å². The number of carbonyl (C=O) groups excluding carboxylic acids is 1. The van der Waals surface area contributed by atoms with Crippen molar-refractivity contribution in [1.29, 1.82) is 0 Å². The van der Waals surface area contributed by atoms with Crippen LogP contribution in [0, 0.1) is 0 Å². The summed E-state index contributed by atoms with van der Waals surface area (Å²) in [4.78, 5) is 12.6. The van der Waals surface area contributed by atoms with E-state index in [2.05, 4.69) is 10.6 Å². The summed E-state index contributed by atoms with van der Waals surface area (Å²) in [6.07, 6.45) is 1.12. The fourth-order valence-corrected chi connectivity index (χ4v) is 3.20. The number of hydrogen-bond acceptors (Lipinski definition) is 6. The van der Waals surface area contributed by atoms with Crippen LogP contribution in [0.2, 0.25) is 0 Å². The summed E-state index contributed by atoms with van der Waals surface area (Å²) < 4.78 is 16.5. The molecule has 160 valence electrons. The first-order chi connectivity index (χ1) is 14.4. The van der Waals surface area contributed by atoms with Crippen LogP contribution >= 0.6 is 0 Å². The molecule has 1 unspecified atom stereocenters. The van der Waals surface area contributed by atoms with Crippen LogP contribution in [-0.4, -0.2) is 50.5 Å². The molecular weight excluding hydrogens is 384 g/mol. The second kappa shape index (κ2) is 9.65. The molecule has 30 heavy (non-hydrogen) atoms. The van der Waals surface area contributed by atoms with Gasteiger partial charge in [0.15, 0.2) is 11.5 Å². The quantitative estimate of drug-likeness (QED) is 0.549. The van der Waals surface area contributed by atoms with Gasteiger partial charge in [-0.2, -0.15) is 0 Å². The highest BCUT2D eigenvalue weighted by Crippen LogP contribution is 2.40. The standard InChI is InChI=1S/C23H28N2O5/c1-14(2)24-12-16(26)13-30-20-7-5-6-18-22(20)17(23(27)25-18)10-15-8-9-19(28-3)21(11-15)29-4/h5-11,14,16,24,26H,12-13H2,1-4H3,(H,25,27)/b17-10-. The summed E-state index contributed by atoms with van der Waals surface area (Å²) in [7, 11) is 3.14. The molecule has 0 bridgehead atoms. The van der Waals surface area contributed by atoms with Crippen LogP contribution < -0.4 is 24.8 Å². The molecule has 1 aliphatic heterocycles.